The average Bonchev–Trinajstić information content (AvgIpc) is 3.37. The number of para-hydroxylation sites is 1. The first-order chi connectivity index (χ1) is 18.1. The molecule has 1 aromatic heterocycles. The fourth-order valence-electron chi connectivity index (χ4n) is 5.23. The number of hydrogen-bond donors (Lipinski definition) is 3. The molecule has 1 aliphatic heterocycles. The maximum absolute atomic E-state index is 12.7. The van der Waals surface area contributed by atoms with Gasteiger partial charge in [-0.3, -0.25) is 19.8 Å². The van der Waals surface area contributed by atoms with Gasteiger partial charge in [-0.2, -0.15) is 4.98 Å². The van der Waals surface area contributed by atoms with Gasteiger partial charge in [0.25, 0.3) is 0 Å². The van der Waals surface area contributed by atoms with Crippen LogP contribution in [0.25, 0.3) is 0 Å². The Bertz CT molecular complexity index is 1140. The van der Waals surface area contributed by atoms with Crippen molar-refractivity contribution in [2.45, 2.75) is 63.5 Å². The molecule has 1 amide bonds. The average molecular weight is 538 g/mol. The number of carbonyl (C=O) groups excluding carboxylic acids is 1. The summed E-state index contributed by atoms with van der Waals surface area (Å²) in [6.07, 6.45) is 1.58. The summed E-state index contributed by atoms with van der Waals surface area (Å²) in [6.45, 7) is 1.25. The van der Waals surface area contributed by atoms with Gasteiger partial charge in [0.05, 0.1) is 11.0 Å². The molecule has 1 saturated carbocycles. The van der Waals surface area contributed by atoms with E-state index in [-0.39, 0.29) is 53.2 Å². The lowest BCUT2D eigenvalue weighted by atomic mass is 9.85. The number of primary amides is 1. The van der Waals surface area contributed by atoms with E-state index < -0.39 is 11.3 Å². The molecule has 206 valence electrons. The third-order valence-corrected chi connectivity index (χ3v) is 7.07. The van der Waals surface area contributed by atoms with Gasteiger partial charge in [-0.15, -0.1) is 13.2 Å². The number of ether oxygens (including phenoxy) is 1. The summed E-state index contributed by atoms with van der Waals surface area (Å²) in [5.74, 6) is -0.321. The minimum Gasteiger partial charge on any atom is -0.405 e. The zero-order valence-corrected chi connectivity index (χ0v) is 20.6. The van der Waals surface area contributed by atoms with Crippen LogP contribution >= 0.6 is 0 Å². The first kappa shape index (κ1) is 27.4. The molecule has 1 atom stereocenters. The van der Waals surface area contributed by atoms with Crippen LogP contribution in [0.2, 0.25) is 0 Å². The highest BCUT2D eigenvalue weighted by Crippen LogP contribution is 2.33. The van der Waals surface area contributed by atoms with Crippen LogP contribution in [-0.2, 0) is 11.3 Å². The summed E-state index contributed by atoms with van der Waals surface area (Å²) >= 11 is 0. The molecule has 1 saturated heterocycles. The standard InChI is InChI=1S/C24H30F3N7O4/c25-24(26,27)38-20-6-2-1-4-16(20)13-30-23-31-14-19(34(36)37)22(32-23)29-12-15-7-9-17(10-8-15)33-11-3-5-18(33)21(28)35/h1-2,4,6,14-15,17-18H,3,5,7-13H2,(H2,28,35)(H2,29,30,31,32)/t15?,17?,18-/m1/s1. The SMILES string of the molecule is NC(=O)[C@H]1CCCN1C1CCC(CNc2nc(NCc3ccccc3OC(F)(F)F)ncc2[N+](=O)[O-])CC1. The molecule has 1 aromatic carbocycles. The van der Waals surface area contributed by atoms with Crippen molar-refractivity contribution >= 4 is 23.4 Å². The number of anilines is 2. The van der Waals surface area contributed by atoms with Crippen LogP contribution in [0.15, 0.2) is 30.5 Å². The number of benzene rings is 1. The van der Waals surface area contributed by atoms with Gasteiger partial charge in [-0.1, -0.05) is 18.2 Å². The predicted molar refractivity (Wildman–Crippen MR) is 132 cm³/mol. The van der Waals surface area contributed by atoms with Crippen LogP contribution in [0, 0.1) is 16.0 Å². The molecule has 2 heterocycles. The number of hydrogen-bond acceptors (Lipinski definition) is 9. The number of likely N-dealkylation sites (tertiary alicyclic amines) is 1. The summed E-state index contributed by atoms with van der Waals surface area (Å²) in [6, 6.07) is 5.75. The summed E-state index contributed by atoms with van der Waals surface area (Å²) in [5, 5.41) is 17.4. The number of aromatic nitrogens is 2. The number of nitrogens with one attached hydrogen (secondary N) is 2. The lowest BCUT2D eigenvalue weighted by Gasteiger charge is -2.37. The van der Waals surface area contributed by atoms with Crippen molar-refractivity contribution in [1.29, 1.82) is 0 Å². The number of amides is 1. The summed E-state index contributed by atoms with van der Waals surface area (Å²) in [5.41, 5.74) is 5.47. The second-order valence-corrected chi connectivity index (χ2v) is 9.55. The maximum atomic E-state index is 12.7. The smallest absolute Gasteiger partial charge is 0.405 e. The van der Waals surface area contributed by atoms with Gasteiger partial charge in [0.1, 0.15) is 11.9 Å². The number of rotatable bonds is 10. The molecule has 0 unspecified atom stereocenters. The molecule has 14 heteroatoms. The van der Waals surface area contributed by atoms with Crippen molar-refractivity contribution in [1.82, 2.24) is 14.9 Å². The molecule has 0 radical (unpaired) electrons. The van der Waals surface area contributed by atoms with E-state index in [0.29, 0.717) is 12.6 Å². The highest BCUT2D eigenvalue weighted by atomic mass is 19.4. The monoisotopic (exact) mass is 537 g/mol. The topological polar surface area (TPSA) is 149 Å². The molecule has 2 aliphatic rings. The molecule has 2 aromatic rings. The second-order valence-electron chi connectivity index (χ2n) is 9.55. The highest BCUT2D eigenvalue weighted by molar-refractivity contribution is 5.80. The fraction of sp³-hybridized carbons (Fsp3) is 0.542. The zero-order valence-electron chi connectivity index (χ0n) is 20.6. The van der Waals surface area contributed by atoms with Crippen molar-refractivity contribution < 1.29 is 27.6 Å². The molecule has 38 heavy (non-hydrogen) atoms. The number of alkyl halides is 3. The molecule has 4 rings (SSSR count). The Balaban J connectivity index is 1.35. The summed E-state index contributed by atoms with van der Waals surface area (Å²) < 4.78 is 42.1. The summed E-state index contributed by atoms with van der Waals surface area (Å²) in [7, 11) is 0. The maximum Gasteiger partial charge on any atom is 0.573 e. The molecular formula is C24H30F3N7O4. The quantitative estimate of drug-likeness (QED) is 0.304. The third kappa shape index (κ3) is 7.00. The van der Waals surface area contributed by atoms with Crippen LogP contribution in [0.3, 0.4) is 0 Å². The molecular weight excluding hydrogens is 507 g/mol. The van der Waals surface area contributed by atoms with Crippen molar-refractivity contribution in [3.63, 3.8) is 0 Å². The first-order valence-electron chi connectivity index (χ1n) is 12.5. The Morgan fingerprint density at radius 1 is 1.18 bits per heavy atom. The number of nitrogens with two attached hydrogens (primary N) is 1. The van der Waals surface area contributed by atoms with Crippen molar-refractivity contribution in [2.75, 3.05) is 23.7 Å². The van der Waals surface area contributed by atoms with Gasteiger partial charge in [0.15, 0.2) is 0 Å². The third-order valence-electron chi connectivity index (χ3n) is 7.07. The van der Waals surface area contributed by atoms with Crippen molar-refractivity contribution in [3.05, 3.63) is 46.1 Å². The Hall–Kier alpha value is -3.68. The molecule has 4 N–H and O–H groups in total. The second kappa shape index (κ2) is 11.8. The number of carbonyl (C=O) groups is 1. The lowest BCUT2D eigenvalue weighted by molar-refractivity contribution is -0.384. The first-order valence-corrected chi connectivity index (χ1v) is 12.5. The Morgan fingerprint density at radius 2 is 1.92 bits per heavy atom. The van der Waals surface area contributed by atoms with E-state index in [1.807, 2.05) is 0 Å². The zero-order chi connectivity index (χ0) is 27.3. The Labute approximate surface area is 217 Å². The van der Waals surface area contributed by atoms with Crippen LogP contribution in [0.5, 0.6) is 5.75 Å². The van der Waals surface area contributed by atoms with Gasteiger partial charge < -0.3 is 21.1 Å². The van der Waals surface area contributed by atoms with E-state index in [2.05, 4.69) is 30.2 Å². The minimum absolute atomic E-state index is 0.0233. The molecule has 0 spiro atoms. The molecule has 1 aliphatic carbocycles. The van der Waals surface area contributed by atoms with Crippen molar-refractivity contribution in [2.24, 2.45) is 11.7 Å². The van der Waals surface area contributed by atoms with Gasteiger partial charge in [0.2, 0.25) is 17.7 Å². The minimum atomic E-state index is -4.84. The number of halogens is 3. The van der Waals surface area contributed by atoms with E-state index in [1.165, 1.54) is 18.2 Å². The summed E-state index contributed by atoms with van der Waals surface area (Å²) in [4.78, 5) is 33.0. The number of nitrogens with zero attached hydrogens (tertiary/aromatic N) is 4. The van der Waals surface area contributed by atoms with Crippen molar-refractivity contribution in [3.8, 4) is 5.75 Å². The lowest BCUT2D eigenvalue weighted by Crippen LogP contribution is -2.47. The number of nitro groups is 1. The van der Waals surface area contributed by atoms with E-state index in [1.54, 1.807) is 6.07 Å². The highest BCUT2D eigenvalue weighted by Gasteiger charge is 2.36. The van der Waals surface area contributed by atoms with Crippen LogP contribution in [0.4, 0.5) is 30.6 Å². The molecule has 0 bridgehead atoms. The van der Waals surface area contributed by atoms with E-state index in [9.17, 15) is 28.1 Å². The van der Waals surface area contributed by atoms with Gasteiger partial charge in [-0.25, -0.2) is 4.98 Å². The Morgan fingerprint density at radius 3 is 2.61 bits per heavy atom. The van der Waals surface area contributed by atoms with Gasteiger partial charge in [-0.05, 0) is 57.1 Å². The fourth-order valence-corrected chi connectivity index (χ4v) is 5.23. The van der Waals surface area contributed by atoms with E-state index >= 15 is 0 Å². The van der Waals surface area contributed by atoms with Gasteiger partial charge in [0, 0.05) is 24.7 Å². The Kier molecular flexibility index (Phi) is 8.49. The predicted octanol–water partition coefficient (Wildman–Crippen LogP) is 3.82. The largest absolute Gasteiger partial charge is 0.573 e. The van der Waals surface area contributed by atoms with E-state index in [0.717, 1.165) is 51.3 Å². The van der Waals surface area contributed by atoms with Gasteiger partial charge >= 0.3 is 12.0 Å². The van der Waals surface area contributed by atoms with E-state index in [4.69, 9.17) is 5.73 Å². The molecule has 11 nitrogen and oxygen atoms in total. The normalized spacial score (nSPS) is 22.1. The van der Waals surface area contributed by atoms with Crippen LogP contribution in [0.1, 0.15) is 44.1 Å². The van der Waals surface area contributed by atoms with Crippen LogP contribution < -0.4 is 21.1 Å². The molecule has 2 fully saturated rings. The van der Waals surface area contributed by atoms with Crippen LogP contribution in [-0.4, -0.2) is 57.2 Å².